The van der Waals surface area contributed by atoms with E-state index in [0.29, 0.717) is 5.75 Å². The van der Waals surface area contributed by atoms with Crippen molar-refractivity contribution < 1.29 is 9.53 Å². The molecule has 0 saturated heterocycles. The molecule has 1 unspecified atom stereocenters. The van der Waals surface area contributed by atoms with Crippen LogP contribution in [0.4, 0.5) is 0 Å². The Morgan fingerprint density at radius 1 is 1.59 bits per heavy atom. The van der Waals surface area contributed by atoms with Crippen LogP contribution in [0.1, 0.15) is 0 Å². The molecule has 2 rings (SSSR count). The normalized spacial score (nSPS) is 12.6. The van der Waals surface area contributed by atoms with Gasteiger partial charge in [0.05, 0.1) is 7.11 Å². The van der Waals surface area contributed by atoms with Gasteiger partial charge in [0, 0.05) is 11.9 Å². The number of carbonyl (C=O) groups excluding carboxylic acids is 1. The number of hydrogen-bond donors (Lipinski definition) is 0. The number of halogens is 1. The molecule has 0 fully saturated rings. The fourth-order valence-corrected chi connectivity index (χ4v) is 2.67. The van der Waals surface area contributed by atoms with Gasteiger partial charge in [-0.25, -0.2) is 0 Å². The summed E-state index contributed by atoms with van der Waals surface area (Å²) in [6.45, 7) is 0. The van der Waals surface area contributed by atoms with Crippen LogP contribution in [0.3, 0.4) is 0 Å². The van der Waals surface area contributed by atoms with Crippen LogP contribution >= 0.6 is 27.7 Å². The van der Waals surface area contributed by atoms with Crippen molar-refractivity contribution in [2.45, 2.75) is 9.98 Å². The Kier molecular flexibility index (Phi) is 4.01. The number of pyridine rings is 1. The van der Waals surface area contributed by atoms with Crippen molar-refractivity contribution in [2.75, 3.05) is 12.9 Å². The highest BCUT2D eigenvalue weighted by Crippen LogP contribution is 2.20. The van der Waals surface area contributed by atoms with Crippen molar-refractivity contribution in [3.63, 3.8) is 0 Å². The molecule has 0 aliphatic carbocycles. The molecule has 7 heteroatoms. The van der Waals surface area contributed by atoms with E-state index in [9.17, 15) is 4.79 Å². The Bertz CT molecular complexity index is 531. The minimum Gasteiger partial charge on any atom is -0.468 e. The summed E-state index contributed by atoms with van der Waals surface area (Å²) < 4.78 is 6.50. The topological polar surface area (TPSA) is 56.5 Å². The summed E-state index contributed by atoms with van der Waals surface area (Å²) >= 11 is 4.71. The Morgan fingerprint density at radius 3 is 3.18 bits per heavy atom. The minimum atomic E-state index is -0.339. The Balaban J connectivity index is 2.07. The molecule has 0 amide bonds. The molecular weight excluding hydrogens is 306 g/mol. The molecule has 2 heterocycles. The first kappa shape index (κ1) is 12.4. The molecule has 0 N–H and O–H groups in total. The number of aromatic nitrogens is 3. The van der Waals surface area contributed by atoms with Gasteiger partial charge in [-0.05, 0) is 12.1 Å². The third-order valence-corrected chi connectivity index (χ3v) is 4.26. The highest BCUT2D eigenvalue weighted by atomic mass is 79.9. The number of hydrogen-bond acceptors (Lipinski definition) is 5. The van der Waals surface area contributed by atoms with Gasteiger partial charge in [0.1, 0.15) is 4.83 Å². The third kappa shape index (κ3) is 2.78. The molecule has 0 aromatic carbocycles. The van der Waals surface area contributed by atoms with Gasteiger partial charge in [-0.2, -0.15) is 0 Å². The number of fused-ring (bicyclic) bond motifs is 1. The number of carbonyl (C=O) groups is 1. The molecule has 0 aliphatic rings. The second kappa shape index (κ2) is 5.50. The van der Waals surface area contributed by atoms with Crippen molar-refractivity contribution in [2.24, 2.45) is 0 Å². The summed E-state index contributed by atoms with van der Waals surface area (Å²) in [5.41, 5.74) is 0.791. The van der Waals surface area contributed by atoms with Crippen LogP contribution in [0, 0.1) is 0 Å². The maximum Gasteiger partial charge on any atom is 0.320 e. The number of nitrogens with zero attached hydrogens (tertiary/aromatic N) is 3. The maximum atomic E-state index is 11.2. The van der Waals surface area contributed by atoms with Gasteiger partial charge < -0.3 is 4.74 Å². The molecule has 0 saturated carbocycles. The zero-order valence-corrected chi connectivity index (χ0v) is 11.4. The number of alkyl halides is 1. The lowest BCUT2D eigenvalue weighted by Crippen LogP contribution is -2.18. The Hall–Kier alpha value is -1.08. The summed E-state index contributed by atoms with van der Waals surface area (Å²) in [5.74, 6) is 0.258. The molecule has 0 radical (unpaired) electrons. The fraction of sp³-hybridized carbons (Fsp3) is 0.300. The van der Waals surface area contributed by atoms with Crippen molar-refractivity contribution >= 4 is 39.3 Å². The predicted molar refractivity (Wildman–Crippen MR) is 68.4 cm³/mol. The van der Waals surface area contributed by atoms with Gasteiger partial charge >= 0.3 is 5.97 Å². The largest absolute Gasteiger partial charge is 0.468 e. The summed E-state index contributed by atoms with van der Waals surface area (Å²) in [7, 11) is 1.37. The van der Waals surface area contributed by atoms with E-state index >= 15 is 0 Å². The van der Waals surface area contributed by atoms with Gasteiger partial charge in [0.25, 0.3) is 0 Å². The first-order chi connectivity index (χ1) is 8.22. The molecule has 0 bridgehead atoms. The van der Waals surface area contributed by atoms with Gasteiger partial charge in [-0.15, -0.1) is 10.2 Å². The van der Waals surface area contributed by atoms with Crippen LogP contribution in [-0.4, -0.2) is 38.3 Å². The van der Waals surface area contributed by atoms with Crippen LogP contribution in [0.15, 0.2) is 29.6 Å². The molecule has 2 aromatic heterocycles. The molecule has 2 aromatic rings. The van der Waals surface area contributed by atoms with Crippen LogP contribution in [0.5, 0.6) is 0 Å². The quantitative estimate of drug-likeness (QED) is 0.489. The SMILES string of the molecule is COC(=O)C(Br)CSc1nnc2ccccn12. The standard InChI is InChI=1S/C10H10BrN3O2S/c1-16-9(15)7(11)6-17-10-13-12-8-4-2-3-5-14(8)10/h2-5,7H,6H2,1H3. The lowest BCUT2D eigenvalue weighted by molar-refractivity contribution is -0.139. The molecule has 5 nitrogen and oxygen atoms in total. The molecule has 90 valence electrons. The third-order valence-electron chi connectivity index (χ3n) is 2.10. The second-order valence-corrected chi connectivity index (χ2v) is 5.31. The van der Waals surface area contributed by atoms with E-state index in [1.165, 1.54) is 18.9 Å². The zero-order chi connectivity index (χ0) is 12.3. The predicted octanol–water partition coefficient (Wildman–Crippen LogP) is 1.76. The van der Waals surface area contributed by atoms with E-state index < -0.39 is 0 Å². The number of rotatable bonds is 4. The molecule has 0 aliphatic heterocycles. The first-order valence-corrected chi connectivity index (χ1v) is 6.77. The van der Waals surface area contributed by atoms with Crippen LogP contribution in [0.2, 0.25) is 0 Å². The van der Waals surface area contributed by atoms with E-state index in [4.69, 9.17) is 0 Å². The van der Waals surface area contributed by atoms with E-state index in [-0.39, 0.29) is 10.8 Å². The van der Waals surface area contributed by atoms with E-state index in [1.807, 2.05) is 28.8 Å². The average molecular weight is 316 g/mol. The molecule has 17 heavy (non-hydrogen) atoms. The van der Waals surface area contributed by atoms with E-state index in [0.717, 1.165) is 10.8 Å². The maximum absolute atomic E-state index is 11.2. The number of methoxy groups -OCH3 is 1. The summed E-state index contributed by atoms with van der Waals surface area (Å²) in [6, 6.07) is 5.69. The van der Waals surface area contributed by atoms with Gasteiger partial charge in [0.15, 0.2) is 10.8 Å². The van der Waals surface area contributed by atoms with Gasteiger partial charge in [0.2, 0.25) is 0 Å². The highest BCUT2D eigenvalue weighted by Gasteiger charge is 2.16. The smallest absolute Gasteiger partial charge is 0.320 e. The lowest BCUT2D eigenvalue weighted by atomic mass is 10.5. The van der Waals surface area contributed by atoms with Crippen LogP contribution < -0.4 is 0 Å². The fourth-order valence-electron chi connectivity index (χ4n) is 1.26. The average Bonchev–Trinajstić information content (AvgIpc) is 2.78. The number of thioether (sulfide) groups is 1. The number of ether oxygens (including phenoxy) is 1. The van der Waals surface area contributed by atoms with E-state index in [1.54, 1.807) is 0 Å². The van der Waals surface area contributed by atoms with Crippen molar-refractivity contribution in [1.29, 1.82) is 0 Å². The second-order valence-electron chi connectivity index (χ2n) is 3.21. The monoisotopic (exact) mass is 315 g/mol. The molecule has 1 atom stereocenters. The first-order valence-electron chi connectivity index (χ1n) is 4.87. The molecular formula is C10H10BrN3O2S. The van der Waals surface area contributed by atoms with Crippen molar-refractivity contribution in [1.82, 2.24) is 14.6 Å². The Labute approximate surface area is 111 Å². The summed E-state index contributed by atoms with van der Waals surface area (Å²) in [5, 5.41) is 8.84. The van der Waals surface area contributed by atoms with Crippen LogP contribution in [-0.2, 0) is 9.53 Å². The lowest BCUT2D eigenvalue weighted by Gasteiger charge is -2.05. The van der Waals surface area contributed by atoms with Gasteiger partial charge in [-0.1, -0.05) is 33.8 Å². The minimum absolute atomic E-state index is 0.286. The summed E-state index contributed by atoms with van der Waals surface area (Å²) in [6.07, 6.45) is 1.89. The van der Waals surface area contributed by atoms with Crippen LogP contribution in [0.25, 0.3) is 5.65 Å². The van der Waals surface area contributed by atoms with Gasteiger partial charge in [-0.3, -0.25) is 9.20 Å². The molecule has 0 spiro atoms. The van der Waals surface area contributed by atoms with Crippen molar-refractivity contribution in [3.8, 4) is 0 Å². The Morgan fingerprint density at radius 2 is 2.41 bits per heavy atom. The van der Waals surface area contributed by atoms with Crippen molar-refractivity contribution in [3.05, 3.63) is 24.4 Å². The van der Waals surface area contributed by atoms with E-state index in [2.05, 4.69) is 30.9 Å². The summed E-state index contributed by atoms with van der Waals surface area (Å²) in [4.78, 5) is 10.9. The zero-order valence-electron chi connectivity index (χ0n) is 9.04. The highest BCUT2D eigenvalue weighted by molar-refractivity contribution is 9.10. The number of esters is 1.